The Bertz CT molecular complexity index is 1140. The van der Waals surface area contributed by atoms with Gasteiger partial charge in [-0.25, -0.2) is 13.4 Å². The van der Waals surface area contributed by atoms with Gasteiger partial charge in [0.1, 0.15) is 15.7 Å². The van der Waals surface area contributed by atoms with Gasteiger partial charge in [-0.05, 0) is 49.4 Å². The van der Waals surface area contributed by atoms with Crippen LogP contribution in [0.4, 0.5) is 5.95 Å². The van der Waals surface area contributed by atoms with E-state index in [2.05, 4.69) is 10.3 Å². The molecule has 2 aromatic heterocycles. The van der Waals surface area contributed by atoms with Crippen LogP contribution in [0.1, 0.15) is 31.2 Å². The van der Waals surface area contributed by atoms with Gasteiger partial charge in [0.2, 0.25) is 5.95 Å². The number of aliphatic hydroxyl groups excluding tert-OH is 1. The quantitative estimate of drug-likeness (QED) is 0.515. The van der Waals surface area contributed by atoms with Crippen LogP contribution in [0.5, 0.6) is 0 Å². The topological polar surface area (TPSA) is 106 Å². The van der Waals surface area contributed by atoms with Crippen molar-refractivity contribution in [3.8, 4) is 5.82 Å². The van der Waals surface area contributed by atoms with Crippen molar-refractivity contribution < 1.29 is 18.3 Å². The number of ether oxygens (including phenoxy) is 1. The molecule has 0 unspecified atom stereocenters. The molecule has 2 heterocycles. The minimum absolute atomic E-state index is 0.0145. The van der Waals surface area contributed by atoms with Gasteiger partial charge in [-0.15, -0.1) is 0 Å². The van der Waals surface area contributed by atoms with E-state index in [4.69, 9.17) is 9.72 Å². The third-order valence-corrected chi connectivity index (χ3v) is 6.51. The number of hydrogen-bond donors (Lipinski definition) is 2. The highest BCUT2D eigenvalue weighted by molar-refractivity contribution is 7.90. The molecule has 1 aliphatic carbocycles. The van der Waals surface area contributed by atoms with Crippen LogP contribution in [0.2, 0.25) is 0 Å². The predicted octanol–water partition coefficient (Wildman–Crippen LogP) is 2.70. The zero-order valence-electron chi connectivity index (χ0n) is 17.6. The lowest BCUT2D eigenvalue weighted by Crippen LogP contribution is -2.29. The molecular formula is C22H28N4O4S. The van der Waals surface area contributed by atoms with Crippen molar-refractivity contribution in [2.45, 2.75) is 44.4 Å². The van der Waals surface area contributed by atoms with Crippen LogP contribution in [-0.2, 0) is 21.2 Å². The fourth-order valence-corrected chi connectivity index (χ4v) is 4.33. The largest absolute Gasteiger partial charge is 0.393 e. The molecule has 166 valence electrons. The summed E-state index contributed by atoms with van der Waals surface area (Å²) in [5.41, 5.74) is 1.99. The highest BCUT2D eigenvalue weighted by atomic mass is 32.2. The standard InChI is InChI=1S/C22H28N4O4S/c1-31(28,29)14-13-30-15-16-3-2-4-20-19(16)10-12-26(20)21-9-11-23-22(25-21)24-17-5-7-18(27)8-6-17/h2-4,9-12,17-18,27H,5-8,13-15H2,1H3,(H,23,24,25). The molecule has 0 amide bonds. The summed E-state index contributed by atoms with van der Waals surface area (Å²) in [5.74, 6) is 1.36. The first kappa shape index (κ1) is 21.7. The fourth-order valence-electron chi connectivity index (χ4n) is 3.91. The van der Waals surface area contributed by atoms with E-state index in [1.807, 2.05) is 41.1 Å². The third kappa shape index (κ3) is 5.61. The zero-order chi connectivity index (χ0) is 21.8. The van der Waals surface area contributed by atoms with Gasteiger partial charge in [-0.2, -0.15) is 4.98 Å². The number of nitrogens with zero attached hydrogens (tertiary/aromatic N) is 3. The summed E-state index contributed by atoms with van der Waals surface area (Å²) in [7, 11) is -3.03. The van der Waals surface area contributed by atoms with Crippen molar-refractivity contribution in [3.05, 3.63) is 48.3 Å². The normalized spacial score (nSPS) is 19.5. The molecule has 0 radical (unpaired) electrons. The molecular weight excluding hydrogens is 416 g/mol. The number of anilines is 1. The lowest BCUT2D eigenvalue weighted by molar-refractivity contribution is 0.126. The molecule has 9 heteroatoms. The molecule has 8 nitrogen and oxygen atoms in total. The minimum atomic E-state index is -3.03. The molecule has 1 aromatic carbocycles. The van der Waals surface area contributed by atoms with Gasteiger partial charge in [-0.3, -0.25) is 0 Å². The van der Waals surface area contributed by atoms with Crippen molar-refractivity contribution in [2.75, 3.05) is 23.9 Å². The summed E-state index contributed by atoms with van der Waals surface area (Å²) in [6.45, 7) is 0.524. The van der Waals surface area contributed by atoms with E-state index in [1.165, 1.54) is 6.26 Å². The number of benzene rings is 1. The molecule has 0 saturated heterocycles. The number of hydrogen-bond acceptors (Lipinski definition) is 7. The van der Waals surface area contributed by atoms with Crippen LogP contribution in [-0.4, -0.2) is 58.8 Å². The summed E-state index contributed by atoms with van der Waals surface area (Å²) in [5, 5.41) is 14.1. The van der Waals surface area contributed by atoms with Gasteiger partial charge in [-0.1, -0.05) is 12.1 Å². The van der Waals surface area contributed by atoms with Gasteiger partial charge in [0.05, 0.1) is 30.6 Å². The lowest BCUT2D eigenvalue weighted by atomic mass is 9.93. The van der Waals surface area contributed by atoms with Gasteiger partial charge >= 0.3 is 0 Å². The minimum Gasteiger partial charge on any atom is -0.393 e. The number of aliphatic hydroxyl groups is 1. The van der Waals surface area contributed by atoms with Gasteiger partial charge in [0.25, 0.3) is 0 Å². The average molecular weight is 445 g/mol. The highest BCUT2D eigenvalue weighted by Gasteiger charge is 2.20. The van der Waals surface area contributed by atoms with Gasteiger partial charge in [0.15, 0.2) is 0 Å². The molecule has 2 N–H and O–H groups in total. The van der Waals surface area contributed by atoms with Crippen molar-refractivity contribution in [1.82, 2.24) is 14.5 Å². The van der Waals surface area contributed by atoms with E-state index in [1.54, 1.807) is 6.20 Å². The molecule has 1 aliphatic rings. The maximum atomic E-state index is 11.3. The smallest absolute Gasteiger partial charge is 0.224 e. The number of fused-ring (bicyclic) bond motifs is 1. The maximum Gasteiger partial charge on any atom is 0.224 e. The Balaban J connectivity index is 1.50. The van der Waals surface area contributed by atoms with E-state index in [-0.39, 0.29) is 24.5 Å². The fraction of sp³-hybridized carbons (Fsp3) is 0.455. The summed E-state index contributed by atoms with van der Waals surface area (Å²) >= 11 is 0. The summed E-state index contributed by atoms with van der Waals surface area (Å²) in [4.78, 5) is 9.05. The molecule has 1 fully saturated rings. The molecule has 3 aromatic rings. The Morgan fingerprint density at radius 2 is 2.00 bits per heavy atom. The number of sulfone groups is 1. The Labute approximate surface area is 182 Å². The number of rotatable bonds is 8. The summed E-state index contributed by atoms with van der Waals surface area (Å²) in [6, 6.07) is 10.1. The monoisotopic (exact) mass is 444 g/mol. The SMILES string of the molecule is CS(=O)(=O)CCOCc1cccc2c1ccn2-c1ccnc(NC2CCC(O)CC2)n1. The predicted molar refractivity (Wildman–Crippen MR) is 120 cm³/mol. The zero-order valence-corrected chi connectivity index (χ0v) is 18.4. The van der Waals surface area contributed by atoms with Gasteiger partial charge in [0, 0.05) is 30.1 Å². The van der Waals surface area contributed by atoms with E-state index < -0.39 is 9.84 Å². The number of aromatic nitrogens is 3. The van der Waals surface area contributed by atoms with Crippen LogP contribution in [0.3, 0.4) is 0 Å². The van der Waals surface area contributed by atoms with E-state index in [0.29, 0.717) is 12.6 Å². The molecule has 4 rings (SSSR count). The van der Waals surface area contributed by atoms with Crippen LogP contribution in [0, 0.1) is 0 Å². The van der Waals surface area contributed by atoms with Crippen LogP contribution in [0.25, 0.3) is 16.7 Å². The Kier molecular flexibility index (Phi) is 6.54. The molecule has 0 aliphatic heterocycles. The van der Waals surface area contributed by atoms with Crippen molar-refractivity contribution in [3.63, 3.8) is 0 Å². The lowest BCUT2D eigenvalue weighted by Gasteiger charge is -2.26. The third-order valence-electron chi connectivity index (χ3n) is 5.60. The molecule has 31 heavy (non-hydrogen) atoms. The molecule has 0 spiro atoms. The molecule has 0 atom stereocenters. The summed E-state index contributed by atoms with van der Waals surface area (Å²) < 4.78 is 30.1. The number of nitrogens with one attached hydrogen (secondary N) is 1. The first-order chi connectivity index (χ1) is 14.9. The second-order valence-electron chi connectivity index (χ2n) is 8.11. The van der Waals surface area contributed by atoms with Crippen molar-refractivity contribution >= 4 is 26.7 Å². The maximum absolute atomic E-state index is 11.3. The van der Waals surface area contributed by atoms with Crippen LogP contribution in [0.15, 0.2) is 42.7 Å². The molecule has 0 bridgehead atoms. The van der Waals surface area contributed by atoms with E-state index in [0.717, 1.165) is 48.0 Å². The average Bonchev–Trinajstić information content (AvgIpc) is 3.17. The Hall–Kier alpha value is -2.49. The molecule has 1 saturated carbocycles. The van der Waals surface area contributed by atoms with E-state index >= 15 is 0 Å². The van der Waals surface area contributed by atoms with E-state index in [9.17, 15) is 13.5 Å². The van der Waals surface area contributed by atoms with Crippen LogP contribution >= 0.6 is 0 Å². The Morgan fingerprint density at radius 3 is 2.77 bits per heavy atom. The second kappa shape index (κ2) is 9.33. The first-order valence-electron chi connectivity index (χ1n) is 10.5. The summed E-state index contributed by atoms with van der Waals surface area (Å²) in [6.07, 6.45) is 8.14. The van der Waals surface area contributed by atoms with Gasteiger partial charge < -0.3 is 19.7 Å². The first-order valence-corrected chi connectivity index (χ1v) is 12.6. The highest BCUT2D eigenvalue weighted by Crippen LogP contribution is 2.25. The van der Waals surface area contributed by atoms with Crippen molar-refractivity contribution in [2.24, 2.45) is 0 Å². The van der Waals surface area contributed by atoms with Crippen LogP contribution < -0.4 is 5.32 Å². The Morgan fingerprint density at radius 1 is 1.19 bits per heavy atom. The van der Waals surface area contributed by atoms with Crippen molar-refractivity contribution in [1.29, 1.82) is 0 Å². The second-order valence-corrected chi connectivity index (χ2v) is 10.4.